The molecule has 2 heterocycles. The number of carbonyl (C=O) groups is 2. The van der Waals surface area contributed by atoms with E-state index in [-0.39, 0.29) is 13.0 Å². The van der Waals surface area contributed by atoms with E-state index in [1.54, 1.807) is 0 Å². The number of hydrogen-bond donors (Lipinski definition) is 3. The highest BCUT2D eigenvalue weighted by Gasteiger charge is 2.48. The molecular formula is C10H15FN2O14P3-3. The third kappa shape index (κ3) is 6.85. The molecule has 20 heteroatoms. The van der Waals surface area contributed by atoms with Gasteiger partial charge in [-0.05, 0) is 0 Å². The molecule has 0 aromatic rings. The van der Waals surface area contributed by atoms with Crippen molar-refractivity contribution in [3.63, 3.8) is 0 Å². The van der Waals surface area contributed by atoms with Crippen molar-refractivity contribution in [3.05, 3.63) is 0 Å². The number of halogens is 1. The molecule has 2 aliphatic rings. The molecule has 0 saturated carbocycles. The number of imide groups is 1. The van der Waals surface area contributed by atoms with Gasteiger partial charge in [-0.25, -0.2) is 13.4 Å². The Kier molecular flexibility index (Phi) is 7.95. The van der Waals surface area contributed by atoms with Crippen LogP contribution in [0.1, 0.15) is 6.42 Å². The van der Waals surface area contributed by atoms with E-state index < -0.39 is 73.0 Å². The third-order valence-electron chi connectivity index (χ3n) is 3.90. The van der Waals surface area contributed by atoms with Crippen LogP contribution in [0.15, 0.2) is 0 Å². The number of phosphoric ester groups is 1. The molecule has 7 atom stereocenters. The molecule has 0 aromatic carbocycles. The van der Waals surface area contributed by atoms with E-state index in [2.05, 4.69) is 13.1 Å². The highest BCUT2D eigenvalue weighted by molar-refractivity contribution is 7.65. The van der Waals surface area contributed by atoms with E-state index in [1.165, 1.54) is 0 Å². The van der Waals surface area contributed by atoms with Gasteiger partial charge in [-0.1, -0.05) is 0 Å². The van der Waals surface area contributed by atoms with Gasteiger partial charge < -0.3 is 33.9 Å². The fourth-order valence-corrected chi connectivity index (χ4v) is 5.57. The number of aliphatic hydroxyl groups is 1. The summed E-state index contributed by atoms with van der Waals surface area (Å²) in [5.41, 5.74) is 0. The third-order valence-corrected chi connectivity index (χ3v) is 7.59. The van der Waals surface area contributed by atoms with Crippen molar-refractivity contribution in [2.24, 2.45) is 5.92 Å². The maximum atomic E-state index is 13.3. The van der Waals surface area contributed by atoms with Crippen LogP contribution < -0.4 is 20.0 Å². The summed E-state index contributed by atoms with van der Waals surface area (Å²) in [6.07, 6.45) is -4.81. The number of nitrogens with zero attached hydrogens (tertiary/aromatic N) is 1. The Hall–Kier alpha value is -0.800. The maximum absolute atomic E-state index is 13.3. The van der Waals surface area contributed by atoms with Crippen molar-refractivity contribution < 1.29 is 70.2 Å². The molecule has 3 N–H and O–H groups in total. The topological polar surface area (TPSA) is 247 Å². The molecule has 0 aromatic heterocycles. The number of urea groups is 1. The van der Waals surface area contributed by atoms with Crippen LogP contribution in [0.3, 0.4) is 0 Å². The van der Waals surface area contributed by atoms with Gasteiger partial charge in [0.1, 0.15) is 6.10 Å². The molecule has 2 saturated heterocycles. The van der Waals surface area contributed by atoms with Crippen LogP contribution in [-0.2, 0) is 36.4 Å². The van der Waals surface area contributed by atoms with Crippen molar-refractivity contribution in [2.45, 2.75) is 24.9 Å². The molecule has 2 fully saturated rings. The Bertz CT molecular complexity index is 820. The second kappa shape index (κ2) is 9.36. The molecule has 3 amide bonds. The van der Waals surface area contributed by atoms with E-state index in [0.29, 0.717) is 0 Å². The second-order valence-corrected chi connectivity index (χ2v) is 10.3. The Morgan fingerprint density at radius 2 is 1.83 bits per heavy atom. The van der Waals surface area contributed by atoms with Gasteiger partial charge in [0.05, 0.1) is 19.4 Å². The standard InChI is InChI=1S/C10H18FN2O14P3/c11-3-5-6(4-24-29(20,21)27-30(22,23)26-28(17,18)19)25-9(8(5)15)13-2-1-7(14)12-10(13)16/h5-6,8-9,15H,1-4H2,(H,20,21)(H,22,23)(H,12,14,16)(H2,17,18,19)/p-3/t5-,6-,8-,9-/m1/s1. The summed E-state index contributed by atoms with van der Waals surface area (Å²) >= 11 is 0. The summed E-state index contributed by atoms with van der Waals surface area (Å²) in [5.74, 6) is -2.01. The molecule has 0 radical (unpaired) electrons. The zero-order chi connectivity index (χ0) is 22.9. The summed E-state index contributed by atoms with van der Waals surface area (Å²) in [4.78, 5) is 65.3. The first-order valence-corrected chi connectivity index (χ1v) is 12.3. The number of nitrogens with one attached hydrogen (secondary N) is 1. The van der Waals surface area contributed by atoms with E-state index in [9.17, 15) is 47.5 Å². The lowest BCUT2D eigenvalue weighted by Gasteiger charge is -2.33. The summed E-state index contributed by atoms with van der Waals surface area (Å²) in [7, 11) is -17.8. The van der Waals surface area contributed by atoms with Gasteiger partial charge in [0, 0.05) is 18.9 Å². The molecule has 0 spiro atoms. The van der Waals surface area contributed by atoms with Crippen molar-refractivity contribution in [1.29, 1.82) is 0 Å². The van der Waals surface area contributed by atoms with Gasteiger partial charge in [0.25, 0.3) is 23.5 Å². The Morgan fingerprint density at radius 1 is 1.20 bits per heavy atom. The van der Waals surface area contributed by atoms with Gasteiger partial charge in [-0.3, -0.25) is 33.1 Å². The highest BCUT2D eigenvalue weighted by atomic mass is 31.3. The molecule has 30 heavy (non-hydrogen) atoms. The van der Waals surface area contributed by atoms with Crippen molar-refractivity contribution in [3.8, 4) is 0 Å². The summed E-state index contributed by atoms with van der Waals surface area (Å²) in [6.45, 7) is -2.56. The van der Waals surface area contributed by atoms with Crippen LogP contribution in [0.25, 0.3) is 0 Å². The summed E-state index contributed by atoms with van der Waals surface area (Å²) in [6, 6.07) is -0.942. The van der Waals surface area contributed by atoms with Crippen molar-refractivity contribution >= 4 is 35.4 Å². The van der Waals surface area contributed by atoms with E-state index >= 15 is 0 Å². The first kappa shape index (κ1) is 25.5. The molecule has 0 bridgehead atoms. The van der Waals surface area contributed by atoms with Crippen LogP contribution >= 0.6 is 23.5 Å². The largest absolute Gasteiger partial charge is 0.756 e. The molecule has 3 unspecified atom stereocenters. The number of ether oxygens (including phenoxy) is 1. The number of carbonyl (C=O) groups excluding carboxylic acids is 2. The molecule has 16 nitrogen and oxygen atoms in total. The van der Waals surface area contributed by atoms with Crippen LogP contribution in [0, 0.1) is 5.92 Å². The molecule has 174 valence electrons. The maximum Gasteiger partial charge on any atom is 0.326 e. The van der Waals surface area contributed by atoms with E-state index in [4.69, 9.17) is 9.63 Å². The predicted octanol–water partition coefficient (Wildman–Crippen LogP) is -2.95. The molecule has 0 aliphatic carbocycles. The lowest BCUT2D eigenvalue weighted by molar-refractivity contribution is -0.250. The van der Waals surface area contributed by atoms with Crippen LogP contribution in [0.4, 0.5) is 9.18 Å². The van der Waals surface area contributed by atoms with Gasteiger partial charge in [0.15, 0.2) is 6.23 Å². The number of aliphatic hydroxyl groups excluding tert-OH is 1. The Morgan fingerprint density at radius 3 is 2.37 bits per heavy atom. The smallest absolute Gasteiger partial charge is 0.326 e. The number of rotatable bonds is 9. The lowest BCUT2D eigenvalue weighted by atomic mass is 9.99. The SMILES string of the molecule is O=C1CCN([C@@H]2O[C@H](COP(=O)([O-])OP(=O)([O-])OP(=O)([O-])O)[C@@H](CF)[C@H]2O)C(=O)N1. The van der Waals surface area contributed by atoms with Gasteiger partial charge in [-0.15, -0.1) is 0 Å². The van der Waals surface area contributed by atoms with Crippen molar-refractivity contribution in [2.75, 3.05) is 19.8 Å². The lowest BCUT2D eigenvalue weighted by Crippen LogP contribution is -2.56. The fourth-order valence-electron chi connectivity index (χ4n) is 2.68. The van der Waals surface area contributed by atoms with Gasteiger partial charge in [-0.2, -0.15) is 0 Å². The number of phosphoric acid groups is 3. The van der Waals surface area contributed by atoms with E-state index in [1.807, 2.05) is 5.32 Å². The number of amides is 3. The summed E-state index contributed by atoms with van der Waals surface area (Å²) < 4.78 is 62.4. The first-order chi connectivity index (χ1) is 13.6. The minimum Gasteiger partial charge on any atom is -0.756 e. The average Bonchev–Trinajstić information content (AvgIpc) is 2.85. The molecular weight excluding hydrogens is 484 g/mol. The summed E-state index contributed by atoms with van der Waals surface area (Å²) in [5, 5.41) is 12.1. The van der Waals surface area contributed by atoms with Gasteiger partial charge >= 0.3 is 6.03 Å². The van der Waals surface area contributed by atoms with Gasteiger partial charge in [0.2, 0.25) is 5.91 Å². The quantitative estimate of drug-likeness (QED) is 0.268. The van der Waals surface area contributed by atoms with Crippen LogP contribution in [0.5, 0.6) is 0 Å². The molecule has 2 rings (SSSR count). The van der Waals surface area contributed by atoms with E-state index in [0.717, 1.165) is 4.90 Å². The molecule has 2 aliphatic heterocycles. The number of hydrogen-bond acceptors (Lipinski definition) is 13. The minimum atomic E-state index is -6.11. The normalized spacial score (nSPS) is 33.5. The average molecular weight is 499 g/mol. The monoisotopic (exact) mass is 499 g/mol. The Labute approximate surface area is 167 Å². The van der Waals surface area contributed by atoms with Crippen molar-refractivity contribution in [1.82, 2.24) is 10.2 Å². The minimum absolute atomic E-state index is 0.142. The van der Waals surface area contributed by atoms with Crippen LogP contribution in [0.2, 0.25) is 0 Å². The zero-order valence-corrected chi connectivity index (χ0v) is 17.3. The fraction of sp³-hybridized carbons (Fsp3) is 0.800. The van der Waals surface area contributed by atoms with Crippen LogP contribution in [-0.4, -0.2) is 65.1 Å². The predicted molar refractivity (Wildman–Crippen MR) is 82.2 cm³/mol. The highest BCUT2D eigenvalue weighted by Crippen LogP contribution is 2.61. The first-order valence-electron chi connectivity index (χ1n) is 7.87. The second-order valence-electron chi connectivity index (χ2n) is 5.99. The Balaban J connectivity index is 2.02. The zero-order valence-electron chi connectivity index (χ0n) is 14.6. The number of alkyl halides is 1.